The van der Waals surface area contributed by atoms with Crippen LogP contribution in [0.5, 0.6) is 0 Å². The average Bonchev–Trinajstić information content (AvgIpc) is 2.88. The van der Waals surface area contributed by atoms with E-state index in [1.54, 1.807) is 26.8 Å². The van der Waals surface area contributed by atoms with Crippen LogP contribution in [0.25, 0.3) is 10.8 Å². The number of carbonyl (C=O) groups excluding carboxylic acids is 4. The summed E-state index contributed by atoms with van der Waals surface area (Å²) >= 11 is 0. The zero-order valence-corrected chi connectivity index (χ0v) is 24.2. The van der Waals surface area contributed by atoms with Gasteiger partial charge in [0.05, 0.1) is 6.42 Å². The monoisotopic (exact) mass is 558 g/mol. The molecule has 0 saturated heterocycles. The highest BCUT2D eigenvalue weighted by Crippen LogP contribution is 2.29. The van der Waals surface area contributed by atoms with Gasteiger partial charge in [0.2, 0.25) is 11.8 Å². The van der Waals surface area contributed by atoms with Gasteiger partial charge in [0, 0.05) is 12.2 Å². The molecular formula is C32H38N4O5. The summed E-state index contributed by atoms with van der Waals surface area (Å²) in [4.78, 5) is 53.9. The highest BCUT2D eigenvalue weighted by molar-refractivity contribution is 6.01. The minimum Gasteiger partial charge on any atom is -0.444 e. The Morgan fingerprint density at radius 1 is 1.00 bits per heavy atom. The predicted molar refractivity (Wildman–Crippen MR) is 160 cm³/mol. The zero-order valence-electron chi connectivity index (χ0n) is 24.2. The second-order valence-corrected chi connectivity index (χ2v) is 11.0. The molecule has 0 spiro atoms. The molecule has 4 N–H and O–H groups in total. The maximum atomic E-state index is 14.0. The van der Waals surface area contributed by atoms with E-state index in [1.807, 2.05) is 68.4 Å². The number of fused-ring (bicyclic) bond motifs is 1. The Bertz CT molecular complexity index is 1460. The van der Waals surface area contributed by atoms with Gasteiger partial charge in [0.25, 0.3) is 5.91 Å². The van der Waals surface area contributed by atoms with Gasteiger partial charge in [-0.2, -0.15) is 0 Å². The highest BCUT2D eigenvalue weighted by Gasteiger charge is 2.37. The first kappa shape index (κ1) is 30.9. The fourth-order valence-electron chi connectivity index (χ4n) is 4.50. The molecule has 3 aromatic rings. The Morgan fingerprint density at radius 2 is 1.68 bits per heavy atom. The van der Waals surface area contributed by atoms with Crippen molar-refractivity contribution in [2.45, 2.75) is 58.7 Å². The molecule has 9 heteroatoms. The molecular weight excluding hydrogens is 520 g/mol. The summed E-state index contributed by atoms with van der Waals surface area (Å²) in [6.45, 7) is 12.5. The summed E-state index contributed by atoms with van der Waals surface area (Å²) in [5.41, 5.74) is 7.42. The van der Waals surface area contributed by atoms with Gasteiger partial charge in [0.15, 0.2) is 0 Å². The summed E-state index contributed by atoms with van der Waals surface area (Å²) in [7, 11) is 0. The summed E-state index contributed by atoms with van der Waals surface area (Å²) in [5.74, 6) is -1.96. The smallest absolute Gasteiger partial charge is 0.408 e. The van der Waals surface area contributed by atoms with Crippen molar-refractivity contribution >= 4 is 40.3 Å². The quantitative estimate of drug-likeness (QED) is 0.304. The van der Waals surface area contributed by atoms with E-state index in [0.29, 0.717) is 11.3 Å². The number of benzene rings is 3. The molecule has 2 unspecified atom stereocenters. The van der Waals surface area contributed by atoms with E-state index < -0.39 is 47.9 Å². The topological polar surface area (TPSA) is 131 Å². The lowest BCUT2D eigenvalue weighted by Gasteiger charge is -2.34. The molecule has 0 bridgehead atoms. The average molecular weight is 559 g/mol. The predicted octanol–water partition coefficient (Wildman–Crippen LogP) is 4.92. The van der Waals surface area contributed by atoms with Crippen LogP contribution in [0.3, 0.4) is 0 Å². The Labute approximate surface area is 240 Å². The van der Waals surface area contributed by atoms with Gasteiger partial charge in [0.1, 0.15) is 17.7 Å². The molecule has 0 saturated carbocycles. The van der Waals surface area contributed by atoms with Crippen molar-refractivity contribution in [3.05, 3.63) is 90.0 Å². The molecule has 9 nitrogen and oxygen atoms in total. The van der Waals surface area contributed by atoms with Crippen LogP contribution in [-0.4, -0.2) is 46.9 Å². The molecule has 0 aromatic heterocycles. The van der Waals surface area contributed by atoms with E-state index in [9.17, 15) is 19.2 Å². The van der Waals surface area contributed by atoms with E-state index in [4.69, 9.17) is 10.5 Å². The van der Waals surface area contributed by atoms with E-state index in [2.05, 4.69) is 17.2 Å². The van der Waals surface area contributed by atoms with Gasteiger partial charge in [-0.15, -0.1) is 6.58 Å². The van der Waals surface area contributed by atoms with E-state index in [1.165, 1.54) is 11.0 Å². The van der Waals surface area contributed by atoms with Gasteiger partial charge in [-0.1, -0.05) is 60.2 Å². The molecule has 0 fully saturated rings. The maximum Gasteiger partial charge on any atom is 0.408 e. The minimum absolute atomic E-state index is 0.0483. The van der Waals surface area contributed by atoms with Gasteiger partial charge >= 0.3 is 6.09 Å². The number of primary amides is 1. The van der Waals surface area contributed by atoms with E-state index in [-0.39, 0.29) is 6.54 Å². The molecule has 3 aromatic carbocycles. The highest BCUT2D eigenvalue weighted by atomic mass is 16.6. The fourth-order valence-corrected chi connectivity index (χ4v) is 4.50. The number of nitrogens with zero attached hydrogens (tertiary/aromatic N) is 1. The summed E-state index contributed by atoms with van der Waals surface area (Å²) < 4.78 is 5.31. The minimum atomic E-state index is -1.37. The molecule has 0 aliphatic carbocycles. The number of carbonyl (C=O) groups is 4. The third-order valence-corrected chi connectivity index (χ3v) is 6.31. The number of amides is 4. The third kappa shape index (κ3) is 8.41. The van der Waals surface area contributed by atoms with Crippen LogP contribution in [0.2, 0.25) is 0 Å². The molecule has 0 radical (unpaired) electrons. The van der Waals surface area contributed by atoms with Crippen LogP contribution in [0.1, 0.15) is 49.9 Å². The lowest BCUT2D eigenvalue weighted by molar-refractivity contribution is -0.141. The number of nitrogens with one attached hydrogen (secondary N) is 2. The first-order valence-corrected chi connectivity index (χ1v) is 13.3. The number of nitrogens with two attached hydrogens (primary N) is 1. The van der Waals surface area contributed by atoms with Crippen molar-refractivity contribution in [1.82, 2.24) is 10.2 Å². The second kappa shape index (κ2) is 13.1. The van der Waals surface area contributed by atoms with Crippen molar-refractivity contribution in [1.29, 1.82) is 0 Å². The standard InChI is InChI=1S/C32H38N4O5/c1-7-16-36(30(39)26(19-27(33)37)35-31(40)41-32(4,5)6)28(25-17-20(2)12-13-21(25)3)29(38)34-24-15-14-22-10-8-9-11-23(22)18-24/h7-15,17-18,26,28H,1,16,19H2,2-6H3,(H2,33,37)(H,34,38)(H,35,40). The third-order valence-electron chi connectivity index (χ3n) is 6.31. The van der Waals surface area contributed by atoms with Crippen molar-refractivity contribution in [2.24, 2.45) is 5.73 Å². The molecule has 3 rings (SSSR count). The number of alkyl carbamates (subject to hydrolysis) is 1. The molecule has 216 valence electrons. The molecule has 4 amide bonds. The number of aryl methyl sites for hydroxylation is 2. The van der Waals surface area contributed by atoms with Crippen molar-refractivity contribution in [3.63, 3.8) is 0 Å². The number of ether oxygens (including phenoxy) is 1. The maximum absolute atomic E-state index is 14.0. The Hall–Kier alpha value is -4.66. The van der Waals surface area contributed by atoms with E-state index in [0.717, 1.165) is 21.9 Å². The fraction of sp³-hybridized carbons (Fsp3) is 0.312. The lowest BCUT2D eigenvalue weighted by atomic mass is 9.95. The Morgan fingerprint density at radius 3 is 2.32 bits per heavy atom. The normalized spacial score (nSPS) is 12.6. The van der Waals surface area contributed by atoms with Crippen molar-refractivity contribution in [2.75, 3.05) is 11.9 Å². The first-order valence-electron chi connectivity index (χ1n) is 13.3. The van der Waals surface area contributed by atoms with Gasteiger partial charge in [-0.25, -0.2) is 4.79 Å². The molecule has 0 aliphatic rings. The number of rotatable bonds is 10. The Kier molecular flexibility index (Phi) is 9.89. The molecule has 2 atom stereocenters. The van der Waals surface area contributed by atoms with Crippen molar-refractivity contribution in [3.8, 4) is 0 Å². The van der Waals surface area contributed by atoms with Gasteiger partial charge < -0.3 is 26.0 Å². The largest absolute Gasteiger partial charge is 0.444 e. The van der Waals surface area contributed by atoms with E-state index >= 15 is 0 Å². The van der Waals surface area contributed by atoms with Crippen LogP contribution < -0.4 is 16.4 Å². The van der Waals surface area contributed by atoms with Crippen LogP contribution in [0.15, 0.2) is 73.3 Å². The SMILES string of the molecule is C=CCN(C(=O)C(CC(N)=O)NC(=O)OC(C)(C)C)C(C(=O)Nc1ccc2ccccc2c1)c1cc(C)ccc1C. The summed E-state index contributed by atoms with van der Waals surface area (Å²) in [6, 6.07) is 16.4. The van der Waals surface area contributed by atoms with Crippen LogP contribution >= 0.6 is 0 Å². The zero-order chi connectivity index (χ0) is 30.3. The Balaban J connectivity index is 2.06. The number of hydrogen-bond acceptors (Lipinski definition) is 5. The number of hydrogen-bond donors (Lipinski definition) is 3. The molecule has 41 heavy (non-hydrogen) atoms. The van der Waals surface area contributed by atoms with Crippen LogP contribution in [-0.2, 0) is 19.1 Å². The second-order valence-electron chi connectivity index (χ2n) is 11.0. The number of anilines is 1. The lowest BCUT2D eigenvalue weighted by Crippen LogP contribution is -2.53. The van der Waals surface area contributed by atoms with Gasteiger partial charge in [-0.05, 0) is 68.7 Å². The molecule has 0 aliphatic heterocycles. The van der Waals surface area contributed by atoms with Gasteiger partial charge in [-0.3, -0.25) is 14.4 Å². The first-order chi connectivity index (χ1) is 19.3. The van der Waals surface area contributed by atoms with Crippen molar-refractivity contribution < 1.29 is 23.9 Å². The van der Waals surface area contributed by atoms with Crippen LogP contribution in [0, 0.1) is 13.8 Å². The summed E-state index contributed by atoms with van der Waals surface area (Å²) in [5, 5.41) is 7.38. The molecule has 0 heterocycles. The van der Waals surface area contributed by atoms with Crippen LogP contribution in [0.4, 0.5) is 10.5 Å². The summed E-state index contributed by atoms with van der Waals surface area (Å²) in [6.07, 6.45) is 0.102.